The van der Waals surface area contributed by atoms with Gasteiger partial charge in [-0.2, -0.15) is 0 Å². The van der Waals surface area contributed by atoms with Gasteiger partial charge in [0.25, 0.3) is 0 Å². The van der Waals surface area contributed by atoms with Gasteiger partial charge in [0.05, 0.1) is 19.7 Å². The van der Waals surface area contributed by atoms with Gasteiger partial charge in [-0.15, -0.1) is 0 Å². The number of amides is 1. The van der Waals surface area contributed by atoms with Crippen LogP contribution in [0.2, 0.25) is 0 Å². The van der Waals surface area contributed by atoms with E-state index in [1.807, 2.05) is 48.5 Å². The number of nitrogens with zero attached hydrogens (tertiary/aromatic N) is 1. The topological polar surface area (TPSA) is 58.6 Å². The summed E-state index contributed by atoms with van der Waals surface area (Å²) in [6.07, 6.45) is 1.81. The third kappa shape index (κ3) is 8.51. The van der Waals surface area contributed by atoms with E-state index in [-0.39, 0.29) is 25.0 Å². The van der Waals surface area contributed by atoms with E-state index in [4.69, 9.17) is 4.74 Å². The van der Waals surface area contributed by atoms with E-state index in [9.17, 15) is 9.59 Å². The number of ether oxygens (including phenoxy) is 1. The first-order valence-corrected chi connectivity index (χ1v) is 9.40. The normalized spacial score (nSPS) is 10.6. The summed E-state index contributed by atoms with van der Waals surface area (Å²) in [5.74, 6) is -0.395. The monoisotopic (exact) mass is 368 g/mol. The molecule has 0 atom stereocenters. The molecule has 0 fully saturated rings. The number of hydrogen-bond donors (Lipinski definition) is 1. The molecule has 2 aromatic carbocycles. The van der Waals surface area contributed by atoms with E-state index in [2.05, 4.69) is 17.4 Å². The smallest absolute Gasteiger partial charge is 0.320 e. The van der Waals surface area contributed by atoms with Crippen molar-refractivity contribution in [1.29, 1.82) is 0 Å². The molecule has 0 heterocycles. The van der Waals surface area contributed by atoms with Gasteiger partial charge >= 0.3 is 5.97 Å². The first-order valence-electron chi connectivity index (χ1n) is 9.40. The Morgan fingerprint density at radius 2 is 1.56 bits per heavy atom. The van der Waals surface area contributed by atoms with Gasteiger partial charge in [-0.25, -0.2) is 0 Å². The molecule has 27 heavy (non-hydrogen) atoms. The van der Waals surface area contributed by atoms with Crippen LogP contribution in [-0.2, 0) is 27.3 Å². The molecule has 1 amide bonds. The number of carbonyl (C=O) groups is 2. The molecule has 0 aliphatic heterocycles. The van der Waals surface area contributed by atoms with E-state index in [1.54, 1.807) is 11.8 Å². The fourth-order valence-corrected chi connectivity index (χ4v) is 2.82. The molecule has 144 valence electrons. The van der Waals surface area contributed by atoms with E-state index in [0.29, 0.717) is 19.7 Å². The van der Waals surface area contributed by atoms with E-state index in [0.717, 1.165) is 18.4 Å². The molecule has 0 radical (unpaired) electrons. The molecule has 0 bridgehead atoms. The maximum atomic E-state index is 12.3. The molecule has 0 saturated heterocycles. The molecular formula is C22H28N2O3. The van der Waals surface area contributed by atoms with Crippen LogP contribution in [0.1, 0.15) is 24.5 Å². The molecule has 1 N–H and O–H groups in total. The minimum atomic E-state index is -0.315. The lowest BCUT2D eigenvalue weighted by molar-refractivity contribution is -0.144. The molecule has 0 unspecified atom stereocenters. The number of aryl methyl sites for hydroxylation is 1. The first-order chi connectivity index (χ1) is 13.2. The van der Waals surface area contributed by atoms with Gasteiger partial charge in [0, 0.05) is 13.1 Å². The summed E-state index contributed by atoms with van der Waals surface area (Å²) < 4.78 is 5.03. The van der Waals surface area contributed by atoms with Gasteiger partial charge in [0.1, 0.15) is 0 Å². The van der Waals surface area contributed by atoms with Crippen molar-refractivity contribution in [3.63, 3.8) is 0 Å². The van der Waals surface area contributed by atoms with Gasteiger partial charge in [0.15, 0.2) is 0 Å². The fourth-order valence-electron chi connectivity index (χ4n) is 2.82. The highest BCUT2D eigenvalue weighted by Gasteiger charge is 2.15. The van der Waals surface area contributed by atoms with Gasteiger partial charge in [0.2, 0.25) is 5.91 Å². The Kier molecular flexibility index (Phi) is 9.07. The van der Waals surface area contributed by atoms with Crippen molar-refractivity contribution < 1.29 is 14.3 Å². The molecule has 0 saturated carbocycles. The number of benzene rings is 2. The lowest BCUT2D eigenvalue weighted by atomic mass is 10.1. The van der Waals surface area contributed by atoms with E-state index >= 15 is 0 Å². The Morgan fingerprint density at radius 3 is 2.19 bits per heavy atom. The Morgan fingerprint density at radius 1 is 0.926 bits per heavy atom. The maximum Gasteiger partial charge on any atom is 0.320 e. The van der Waals surface area contributed by atoms with Crippen LogP contribution in [0, 0.1) is 0 Å². The van der Waals surface area contributed by atoms with Crippen molar-refractivity contribution in [2.75, 3.05) is 26.2 Å². The average molecular weight is 368 g/mol. The third-order valence-electron chi connectivity index (χ3n) is 4.08. The van der Waals surface area contributed by atoms with E-state index in [1.165, 1.54) is 5.56 Å². The second kappa shape index (κ2) is 11.9. The predicted molar refractivity (Wildman–Crippen MR) is 106 cm³/mol. The minimum absolute atomic E-state index is 0.0803. The van der Waals surface area contributed by atoms with Gasteiger partial charge in [-0.3, -0.25) is 14.5 Å². The largest absolute Gasteiger partial charge is 0.465 e. The molecule has 2 rings (SSSR count). The maximum absolute atomic E-state index is 12.3. The molecule has 0 aromatic heterocycles. The van der Waals surface area contributed by atoms with Crippen LogP contribution in [0.5, 0.6) is 0 Å². The summed E-state index contributed by atoms with van der Waals surface area (Å²) in [5.41, 5.74) is 2.32. The molecule has 2 aromatic rings. The van der Waals surface area contributed by atoms with Crippen molar-refractivity contribution in [2.24, 2.45) is 0 Å². The van der Waals surface area contributed by atoms with Crippen molar-refractivity contribution in [1.82, 2.24) is 10.2 Å². The van der Waals surface area contributed by atoms with Crippen molar-refractivity contribution in [3.8, 4) is 0 Å². The number of rotatable bonds is 11. The standard InChI is InChI=1S/C22H28N2O3/c1-2-27-22(26)18-24(16-20-12-7-4-8-13-20)17-21(25)23-15-9-14-19-10-5-3-6-11-19/h3-8,10-13H,2,9,14-18H2,1H3,(H,23,25). The Labute approximate surface area is 161 Å². The molecule has 0 aliphatic rings. The number of hydrogen-bond acceptors (Lipinski definition) is 4. The Bertz CT molecular complexity index is 689. The highest BCUT2D eigenvalue weighted by molar-refractivity contribution is 5.79. The van der Waals surface area contributed by atoms with Gasteiger partial charge < -0.3 is 10.1 Å². The second-order valence-corrected chi connectivity index (χ2v) is 6.37. The number of nitrogens with one attached hydrogen (secondary N) is 1. The van der Waals surface area contributed by atoms with Crippen LogP contribution in [0.25, 0.3) is 0 Å². The van der Waals surface area contributed by atoms with Crippen molar-refractivity contribution in [2.45, 2.75) is 26.3 Å². The Hall–Kier alpha value is -2.66. The molecule has 0 spiro atoms. The number of carbonyl (C=O) groups excluding carboxylic acids is 2. The quantitative estimate of drug-likeness (QED) is 0.489. The second-order valence-electron chi connectivity index (χ2n) is 6.37. The summed E-state index contributed by atoms with van der Waals surface area (Å²) in [6, 6.07) is 20.0. The highest BCUT2D eigenvalue weighted by atomic mass is 16.5. The summed E-state index contributed by atoms with van der Waals surface area (Å²) in [6.45, 7) is 3.52. The lowest BCUT2D eigenvalue weighted by Crippen LogP contribution is -2.40. The average Bonchev–Trinajstić information content (AvgIpc) is 2.67. The van der Waals surface area contributed by atoms with Gasteiger partial charge in [-0.1, -0.05) is 60.7 Å². The zero-order valence-electron chi connectivity index (χ0n) is 15.9. The summed E-state index contributed by atoms with van der Waals surface area (Å²) in [4.78, 5) is 25.9. The molecule has 0 aliphatic carbocycles. The zero-order valence-corrected chi connectivity index (χ0v) is 15.9. The first kappa shape index (κ1) is 20.6. The summed E-state index contributed by atoms with van der Waals surface area (Å²) in [5, 5.41) is 2.94. The molecule has 5 nitrogen and oxygen atoms in total. The third-order valence-corrected chi connectivity index (χ3v) is 4.08. The van der Waals surface area contributed by atoms with E-state index < -0.39 is 0 Å². The SMILES string of the molecule is CCOC(=O)CN(CC(=O)NCCCc1ccccc1)Cc1ccccc1. The van der Waals surface area contributed by atoms with Crippen LogP contribution < -0.4 is 5.32 Å². The summed E-state index contributed by atoms with van der Waals surface area (Å²) >= 11 is 0. The Balaban J connectivity index is 1.79. The summed E-state index contributed by atoms with van der Waals surface area (Å²) in [7, 11) is 0. The fraction of sp³-hybridized carbons (Fsp3) is 0.364. The van der Waals surface area contributed by atoms with Crippen LogP contribution in [0.3, 0.4) is 0 Å². The molecular weight excluding hydrogens is 340 g/mol. The van der Waals surface area contributed by atoms with Crippen molar-refractivity contribution in [3.05, 3.63) is 71.8 Å². The zero-order chi connectivity index (χ0) is 19.3. The van der Waals surface area contributed by atoms with Crippen LogP contribution in [0.4, 0.5) is 0 Å². The van der Waals surface area contributed by atoms with Crippen LogP contribution >= 0.6 is 0 Å². The highest BCUT2D eigenvalue weighted by Crippen LogP contribution is 2.05. The van der Waals surface area contributed by atoms with Crippen LogP contribution in [0.15, 0.2) is 60.7 Å². The number of esters is 1. The minimum Gasteiger partial charge on any atom is -0.465 e. The predicted octanol–water partition coefficient (Wildman–Crippen LogP) is 2.80. The van der Waals surface area contributed by atoms with Crippen LogP contribution in [-0.4, -0.2) is 43.0 Å². The lowest BCUT2D eigenvalue weighted by Gasteiger charge is -2.21. The molecule has 5 heteroatoms. The van der Waals surface area contributed by atoms with Crippen molar-refractivity contribution >= 4 is 11.9 Å². The van der Waals surface area contributed by atoms with Gasteiger partial charge in [-0.05, 0) is 30.9 Å².